The average molecular weight is 300 g/mol. The molecule has 0 aliphatic carbocycles. The van der Waals surface area contributed by atoms with E-state index in [1.165, 1.54) is 5.56 Å². The minimum Gasteiger partial charge on any atom is -0.384 e. The zero-order valence-corrected chi connectivity index (χ0v) is 13.7. The van der Waals surface area contributed by atoms with Crippen molar-refractivity contribution in [3.05, 3.63) is 47.3 Å². The first-order valence-electron chi connectivity index (χ1n) is 7.56. The molecule has 0 saturated carbocycles. The van der Waals surface area contributed by atoms with Crippen molar-refractivity contribution in [3.8, 4) is 0 Å². The van der Waals surface area contributed by atoms with Crippen molar-refractivity contribution in [2.24, 2.45) is 7.05 Å². The van der Waals surface area contributed by atoms with Crippen LogP contribution in [0.3, 0.4) is 0 Å². The summed E-state index contributed by atoms with van der Waals surface area (Å²) in [5.41, 5.74) is 4.39. The van der Waals surface area contributed by atoms with Gasteiger partial charge in [-0.3, -0.25) is 9.48 Å². The summed E-state index contributed by atoms with van der Waals surface area (Å²) in [4.78, 5) is 12.0. The Balaban J connectivity index is 1.81. The van der Waals surface area contributed by atoms with E-state index in [1.54, 1.807) is 0 Å². The summed E-state index contributed by atoms with van der Waals surface area (Å²) in [5.74, 6) is 0.0387. The van der Waals surface area contributed by atoms with Gasteiger partial charge in [-0.25, -0.2) is 0 Å². The summed E-state index contributed by atoms with van der Waals surface area (Å²) in [7, 11) is 1.90. The fraction of sp³-hybridized carbons (Fsp3) is 0.412. The zero-order valence-electron chi connectivity index (χ0n) is 13.7. The van der Waals surface area contributed by atoms with Crippen molar-refractivity contribution in [2.45, 2.75) is 33.2 Å². The molecule has 2 aromatic rings. The van der Waals surface area contributed by atoms with Crippen molar-refractivity contribution in [1.82, 2.24) is 15.1 Å². The number of aromatic nitrogens is 2. The highest BCUT2D eigenvalue weighted by Gasteiger charge is 2.14. The number of nitrogens with one attached hydrogen (secondary N) is 2. The van der Waals surface area contributed by atoms with Crippen molar-refractivity contribution < 1.29 is 4.79 Å². The van der Waals surface area contributed by atoms with E-state index in [0.717, 1.165) is 16.9 Å². The molecule has 1 aromatic heterocycles. The van der Waals surface area contributed by atoms with Gasteiger partial charge in [0.15, 0.2) is 0 Å². The first-order chi connectivity index (χ1) is 10.5. The van der Waals surface area contributed by atoms with Gasteiger partial charge in [-0.1, -0.05) is 18.2 Å². The van der Waals surface area contributed by atoms with Gasteiger partial charge in [-0.15, -0.1) is 0 Å². The number of nitrogens with zero attached hydrogens (tertiary/aromatic N) is 2. The molecule has 22 heavy (non-hydrogen) atoms. The van der Waals surface area contributed by atoms with Gasteiger partial charge in [0.1, 0.15) is 0 Å². The monoisotopic (exact) mass is 300 g/mol. The topological polar surface area (TPSA) is 59.0 Å². The van der Waals surface area contributed by atoms with Crippen LogP contribution in [-0.4, -0.2) is 22.2 Å². The Morgan fingerprint density at radius 2 is 2.05 bits per heavy atom. The second-order valence-corrected chi connectivity index (χ2v) is 5.59. The van der Waals surface area contributed by atoms with Crippen LogP contribution in [0, 0.1) is 13.8 Å². The number of amides is 1. The first kappa shape index (κ1) is 16.1. The second kappa shape index (κ2) is 7.11. The molecule has 0 saturated heterocycles. The standard InChI is InChI=1S/C17H24N4O/c1-12-7-5-6-8-16(12)18-10-9-17(22)20-13(2)15-11-19-21(4)14(15)3/h5-8,11,13,18H,9-10H2,1-4H3,(H,20,22)/t13-/m1/s1. The van der Waals surface area contributed by atoms with Gasteiger partial charge < -0.3 is 10.6 Å². The highest BCUT2D eigenvalue weighted by atomic mass is 16.1. The molecular weight excluding hydrogens is 276 g/mol. The van der Waals surface area contributed by atoms with Gasteiger partial charge in [-0.05, 0) is 32.4 Å². The van der Waals surface area contributed by atoms with E-state index < -0.39 is 0 Å². The SMILES string of the molecule is Cc1ccccc1NCCC(=O)N[C@H](C)c1cnn(C)c1C. The maximum atomic E-state index is 12.0. The van der Waals surface area contributed by atoms with Crippen molar-refractivity contribution >= 4 is 11.6 Å². The molecule has 5 nitrogen and oxygen atoms in total. The molecule has 0 unspecified atom stereocenters. The number of anilines is 1. The molecule has 1 aromatic carbocycles. The van der Waals surface area contributed by atoms with E-state index >= 15 is 0 Å². The van der Waals surface area contributed by atoms with Crippen LogP contribution in [-0.2, 0) is 11.8 Å². The van der Waals surface area contributed by atoms with Crippen molar-refractivity contribution in [1.29, 1.82) is 0 Å². The number of aryl methyl sites for hydroxylation is 2. The number of carbonyl (C=O) groups is 1. The molecule has 2 N–H and O–H groups in total. The van der Waals surface area contributed by atoms with E-state index in [1.807, 2.05) is 50.0 Å². The number of rotatable bonds is 6. The molecule has 1 amide bonds. The summed E-state index contributed by atoms with van der Waals surface area (Å²) in [5, 5.41) is 10.5. The van der Waals surface area contributed by atoms with Gasteiger partial charge >= 0.3 is 0 Å². The van der Waals surface area contributed by atoms with E-state index in [9.17, 15) is 4.79 Å². The minimum absolute atomic E-state index is 0.0281. The summed E-state index contributed by atoms with van der Waals surface area (Å²) >= 11 is 0. The van der Waals surface area contributed by atoms with Gasteiger partial charge in [0, 0.05) is 37.0 Å². The van der Waals surface area contributed by atoms with E-state index in [4.69, 9.17) is 0 Å². The molecule has 0 aliphatic heterocycles. The lowest BCUT2D eigenvalue weighted by Crippen LogP contribution is -2.28. The zero-order chi connectivity index (χ0) is 16.1. The summed E-state index contributed by atoms with van der Waals surface area (Å²) in [6.07, 6.45) is 2.25. The Labute approximate surface area is 131 Å². The van der Waals surface area contributed by atoms with Crippen LogP contribution in [0.4, 0.5) is 5.69 Å². The molecule has 0 spiro atoms. The fourth-order valence-electron chi connectivity index (χ4n) is 2.41. The average Bonchev–Trinajstić information content (AvgIpc) is 2.81. The molecule has 5 heteroatoms. The third kappa shape index (κ3) is 3.87. The predicted octanol–water partition coefficient (Wildman–Crippen LogP) is 2.72. The number of hydrogen-bond acceptors (Lipinski definition) is 3. The summed E-state index contributed by atoms with van der Waals surface area (Å²) < 4.78 is 1.82. The molecule has 0 aliphatic rings. The lowest BCUT2D eigenvalue weighted by Gasteiger charge is -2.14. The van der Waals surface area contributed by atoms with Crippen LogP contribution < -0.4 is 10.6 Å². The van der Waals surface area contributed by atoms with Crippen molar-refractivity contribution in [3.63, 3.8) is 0 Å². The molecule has 2 rings (SSSR count). The number of para-hydroxylation sites is 1. The highest BCUT2D eigenvalue weighted by molar-refractivity contribution is 5.77. The molecule has 0 bridgehead atoms. The Kier molecular flexibility index (Phi) is 5.20. The smallest absolute Gasteiger partial charge is 0.222 e. The molecule has 0 fully saturated rings. The minimum atomic E-state index is -0.0281. The van der Waals surface area contributed by atoms with Crippen LogP contribution in [0.5, 0.6) is 0 Å². The first-order valence-corrected chi connectivity index (χ1v) is 7.56. The normalized spacial score (nSPS) is 12.0. The second-order valence-electron chi connectivity index (χ2n) is 5.59. The molecule has 0 radical (unpaired) electrons. The lowest BCUT2D eigenvalue weighted by atomic mass is 10.1. The Morgan fingerprint density at radius 3 is 2.68 bits per heavy atom. The van der Waals surface area contributed by atoms with Crippen LogP contribution >= 0.6 is 0 Å². The van der Waals surface area contributed by atoms with Gasteiger partial charge in [0.25, 0.3) is 0 Å². The van der Waals surface area contributed by atoms with Crippen LogP contribution in [0.15, 0.2) is 30.5 Å². The molecule has 118 valence electrons. The number of benzene rings is 1. The van der Waals surface area contributed by atoms with E-state index in [2.05, 4.69) is 28.7 Å². The van der Waals surface area contributed by atoms with Gasteiger partial charge in [-0.2, -0.15) is 5.10 Å². The largest absolute Gasteiger partial charge is 0.384 e. The Bertz CT molecular complexity index is 648. The van der Waals surface area contributed by atoms with Crippen LogP contribution in [0.25, 0.3) is 0 Å². The highest BCUT2D eigenvalue weighted by Crippen LogP contribution is 2.16. The fourth-order valence-corrected chi connectivity index (χ4v) is 2.41. The molecule has 1 atom stereocenters. The number of hydrogen-bond donors (Lipinski definition) is 2. The molecule has 1 heterocycles. The van der Waals surface area contributed by atoms with E-state index in [-0.39, 0.29) is 11.9 Å². The maximum absolute atomic E-state index is 12.0. The Morgan fingerprint density at radius 1 is 1.32 bits per heavy atom. The van der Waals surface area contributed by atoms with Gasteiger partial charge in [0.2, 0.25) is 5.91 Å². The van der Waals surface area contributed by atoms with Gasteiger partial charge in [0.05, 0.1) is 12.2 Å². The van der Waals surface area contributed by atoms with Crippen molar-refractivity contribution in [2.75, 3.05) is 11.9 Å². The van der Waals surface area contributed by atoms with Crippen LogP contribution in [0.2, 0.25) is 0 Å². The molecular formula is C17H24N4O. The number of carbonyl (C=O) groups excluding carboxylic acids is 1. The third-order valence-corrected chi connectivity index (χ3v) is 3.93. The maximum Gasteiger partial charge on any atom is 0.222 e. The Hall–Kier alpha value is -2.30. The quantitative estimate of drug-likeness (QED) is 0.862. The van der Waals surface area contributed by atoms with E-state index in [0.29, 0.717) is 13.0 Å². The summed E-state index contributed by atoms with van der Waals surface area (Å²) in [6, 6.07) is 8.04. The third-order valence-electron chi connectivity index (χ3n) is 3.93. The predicted molar refractivity (Wildman–Crippen MR) is 88.8 cm³/mol. The van der Waals surface area contributed by atoms with Crippen LogP contribution in [0.1, 0.15) is 36.2 Å². The lowest BCUT2D eigenvalue weighted by molar-refractivity contribution is -0.121. The summed E-state index contributed by atoms with van der Waals surface area (Å²) in [6.45, 7) is 6.66.